The lowest BCUT2D eigenvalue weighted by atomic mass is 9.52. The summed E-state index contributed by atoms with van der Waals surface area (Å²) in [6, 6.07) is 0. The van der Waals surface area contributed by atoms with Gasteiger partial charge in [0.05, 0.1) is 6.10 Å². The van der Waals surface area contributed by atoms with Gasteiger partial charge in [-0.15, -0.1) is 0 Å². The number of hydrogen-bond donors (Lipinski definition) is 1. The molecule has 2 aliphatic carbocycles. The summed E-state index contributed by atoms with van der Waals surface area (Å²) in [6.45, 7) is 6.95. The first-order valence-corrected chi connectivity index (χ1v) is 6.34. The normalized spacial score (nSPS) is 40.3. The SMILES string of the molecule is CC1=CCCC(O)C2CC(C)(C)C2CC1. The van der Waals surface area contributed by atoms with Crippen molar-refractivity contribution in [2.75, 3.05) is 0 Å². The van der Waals surface area contributed by atoms with Crippen LogP contribution < -0.4 is 0 Å². The van der Waals surface area contributed by atoms with Crippen molar-refractivity contribution < 1.29 is 5.11 Å². The molecule has 0 saturated heterocycles. The van der Waals surface area contributed by atoms with Crippen molar-refractivity contribution >= 4 is 0 Å². The van der Waals surface area contributed by atoms with E-state index in [1.165, 1.54) is 24.8 Å². The molecular formula is C14H24O. The van der Waals surface area contributed by atoms with Gasteiger partial charge >= 0.3 is 0 Å². The second kappa shape index (κ2) is 3.93. The molecule has 2 rings (SSSR count). The van der Waals surface area contributed by atoms with Crippen LogP contribution in [0.1, 0.15) is 52.9 Å². The van der Waals surface area contributed by atoms with Gasteiger partial charge in [0, 0.05) is 0 Å². The molecule has 1 nitrogen and oxygen atoms in total. The predicted molar refractivity (Wildman–Crippen MR) is 63.6 cm³/mol. The van der Waals surface area contributed by atoms with Crippen LogP contribution in [0.2, 0.25) is 0 Å². The molecule has 1 fully saturated rings. The number of hydrogen-bond acceptors (Lipinski definition) is 1. The molecule has 15 heavy (non-hydrogen) atoms. The maximum atomic E-state index is 10.1. The lowest BCUT2D eigenvalue weighted by Gasteiger charge is -2.53. The third-order valence-corrected chi connectivity index (χ3v) is 4.58. The largest absolute Gasteiger partial charge is 0.393 e. The van der Waals surface area contributed by atoms with E-state index in [4.69, 9.17) is 0 Å². The minimum Gasteiger partial charge on any atom is -0.393 e. The van der Waals surface area contributed by atoms with Gasteiger partial charge in [-0.1, -0.05) is 25.5 Å². The zero-order valence-corrected chi connectivity index (χ0v) is 10.3. The van der Waals surface area contributed by atoms with E-state index < -0.39 is 0 Å². The molecule has 1 saturated carbocycles. The number of rotatable bonds is 0. The Bertz CT molecular complexity index is 265. The minimum absolute atomic E-state index is 0.0508. The Morgan fingerprint density at radius 2 is 2.07 bits per heavy atom. The molecule has 0 bridgehead atoms. The van der Waals surface area contributed by atoms with E-state index in [-0.39, 0.29) is 6.10 Å². The zero-order chi connectivity index (χ0) is 11.1. The number of allylic oxidation sites excluding steroid dienone is 2. The molecule has 2 aliphatic rings. The Hall–Kier alpha value is -0.300. The smallest absolute Gasteiger partial charge is 0.0574 e. The molecule has 3 unspecified atom stereocenters. The molecule has 0 radical (unpaired) electrons. The topological polar surface area (TPSA) is 20.2 Å². The highest BCUT2D eigenvalue weighted by Gasteiger charge is 2.49. The van der Waals surface area contributed by atoms with Gasteiger partial charge in [-0.25, -0.2) is 0 Å². The fraction of sp³-hybridized carbons (Fsp3) is 0.857. The lowest BCUT2D eigenvalue weighted by molar-refractivity contribution is -0.0884. The van der Waals surface area contributed by atoms with Crippen LogP contribution in [0.15, 0.2) is 11.6 Å². The highest BCUT2D eigenvalue weighted by molar-refractivity contribution is 5.05. The summed E-state index contributed by atoms with van der Waals surface area (Å²) in [5.41, 5.74) is 1.99. The Morgan fingerprint density at radius 3 is 2.73 bits per heavy atom. The van der Waals surface area contributed by atoms with E-state index in [0.717, 1.165) is 18.8 Å². The van der Waals surface area contributed by atoms with Crippen molar-refractivity contribution in [3.8, 4) is 0 Å². The number of aliphatic hydroxyl groups is 1. The summed E-state index contributed by atoms with van der Waals surface area (Å²) in [5, 5.41) is 10.1. The van der Waals surface area contributed by atoms with Crippen LogP contribution >= 0.6 is 0 Å². The highest BCUT2D eigenvalue weighted by Crippen LogP contribution is 2.55. The quantitative estimate of drug-likeness (QED) is 0.604. The average molecular weight is 208 g/mol. The van der Waals surface area contributed by atoms with Crippen LogP contribution in [0.5, 0.6) is 0 Å². The second-order valence-electron chi connectivity index (χ2n) is 6.20. The summed E-state index contributed by atoms with van der Waals surface area (Å²) in [6.07, 6.45) is 8.03. The van der Waals surface area contributed by atoms with Gasteiger partial charge in [-0.3, -0.25) is 0 Å². The van der Waals surface area contributed by atoms with Crippen molar-refractivity contribution in [1.29, 1.82) is 0 Å². The Balaban J connectivity index is 2.08. The van der Waals surface area contributed by atoms with E-state index in [0.29, 0.717) is 11.3 Å². The van der Waals surface area contributed by atoms with Crippen molar-refractivity contribution in [2.24, 2.45) is 17.3 Å². The molecule has 0 aliphatic heterocycles. The molecule has 0 amide bonds. The van der Waals surface area contributed by atoms with Crippen LogP contribution in [0.25, 0.3) is 0 Å². The first-order valence-electron chi connectivity index (χ1n) is 6.34. The van der Waals surface area contributed by atoms with Gasteiger partial charge in [0.25, 0.3) is 0 Å². The molecule has 0 aromatic carbocycles. The standard InChI is InChI=1S/C14H24O/c1-10-5-4-6-13(15)11-9-14(2,3)12(11)8-7-10/h5,11-13,15H,4,6-9H2,1-3H3. The molecule has 86 valence electrons. The summed E-state index contributed by atoms with van der Waals surface area (Å²) in [7, 11) is 0. The van der Waals surface area contributed by atoms with E-state index in [2.05, 4.69) is 26.8 Å². The number of aliphatic hydroxyl groups excluding tert-OH is 1. The molecule has 0 aromatic heterocycles. The van der Waals surface area contributed by atoms with Gasteiger partial charge in [0.1, 0.15) is 0 Å². The summed E-state index contributed by atoms with van der Waals surface area (Å²) >= 11 is 0. The van der Waals surface area contributed by atoms with Gasteiger partial charge in [-0.05, 0) is 56.3 Å². The van der Waals surface area contributed by atoms with Crippen molar-refractivity contribution in [1.82, 2.24) is 0 Å². The average Bonchev–Trinajstić information content (AvgIpc) is 2.18. The van der Waals surface area contributed by atoms with Crippen molar-refractivity contribution in [2.45, 2.75) is 59.0 Å². The summed E-state index contributed by atoms with van der Waals surface area (Å²) < 4.78 is 0. The molecule has 1 heteroatoms. The third kappa shape index (κ3) is 2.13. The second-order valence-corrected chi connectivity index (χ2v) is 6.20. The van der Waals surface area contributed by atoms with Crippen LogP contribution in [0, 0.1) is 17.3 Å². The van der Waals surface area contributed by atoms with Crippen LogP contribution in [-0.4, -0.2) is 11.2 Å². The predicted octanol–water partition coefficient (Wildman–Crippen LogP) is 3.53. The van der Waals surface area contributed by atoms with E-state index in [1.54, 1.807) is 0 Å². The monoisotopic (exact) mass is 208 g/mol. The van der Waals surface area contributed by atoms with Crippen LogP contribution in [0.3, 0.4) is 0 Å². The first kappa shape index (κ1) is 11.2. The molecule has 1 N–H and O–H groups in total. The molecule has 3 atom stereocenters. The number of fused-ring (bicyclic) bond motifs is 1. The van der Waals surface area contributed by atoms with Crippen LogP contribution in [0.4, 0.5) is 0 Å². The maximum Gasteiger partial charge on any atom is 0.0574 e. The molecule has 0 spiro atoms. The maximum absolute atomic E-state index is 10.1. The fourth-order valence-electron chi connectivity index (χ4n) is 3.53. The lowest BCUT2D eigenvalue weighted by Crippen LogP contribution is -2.49. The molecule has 0 aromatic rings. The van der Waals surface area contributed by atoms with E-state index >= 15 is 0 Å². The Labute approximate surface area is 93.6 Å². The summed E-state index contributed by atoms with van der Waals surface area (Å²) in [5.74, 6) is 1.33. The Morgan fingerprint density at radius 1 is 1.33 bits per heavy atom. The van der Waals surface area contributed by atoms with E-state index in [1.807, 2.05) is 0 Å². The van der Waals surface area contributed by atoms with E-state index in [9.17, 15) is 5.11 Å². The van der Waals surface area contributed by atoms with Gasteiger partial charge in [0.2, 0.25) is 0 Å². The zero-order valence-electron chi connectivity index (χ0n) is 10.3. The van der Waals surface area contributed by atoms with Crippen molar-refractivity contribution in [3.63, 3.8) is 0 Å². The van der Waals surface area contributed by atoms with Crippen molar-refractivity contribution in [3.05, 3.63) is 11.6 Å². The van der Waals surface area contributed by atoms with Gasteiger partial charge < -0.3 is 5.11 Å². The summed E-state index contributed by atoms with van der Waals surface area (Å²) in [4.78, 5) is 0. The molecular weight excluding hydrogens is 184 g/mol. The molecule has 0 heterocycles. The fourth-order valence-corrected chi connectivity index (χ4v) is 3.53. The first-order chi connectivity index (χ1) is 7.00. The third-order valence-electron chi connectivity index (χ3n) is 4.58. The van der Waals surface area contributed by atoms with Crippen LogP contribution in [-0.2, 0) is 0 Å². The minimum atomic E-state index is -0.0508. The van der Waals surface area contributed by atoms with Gasteiger partial charge in [-0.2, -0.15) is 0 Å². The van der Waals surface area contributed by atoms with Gasteiger partial charge in [0.15, 0.2) is 0 Å². The highest BCUT2D eigenvalue weighted by atomic mass is 16.3. The Kier molecular flexibility index (Phi) is 2.94.